The van der Waals surface area contributed by atoms with Gasteiger partial charge in [-0.3, -0.25) is 0 Å². The summed E-state index contributed by atoms with van der Waals surface area (Å²) in [5.74, 6) is -0.654. The number of rotatable bonds is 7. The predicted octanol–water partition coefficient (Wildman–Crippen LogP) is 2.42. The van der Waals surface area contributed by atoms with Crippen LogP contribution in [0.15, 0.2) is 29.2 Å². The Morgan fingerprint density at radius 2 is 2.06 bits per heavy atom. The molecule has 5 heteroatoms. The van der Waals surface area contributed by atoms with E-state index in [2.05, 4.69) is 0 Å². The van der Waals surface area contributed by atoms with Gasteiger partial charge in [0.05, 0.1) is 17.3 Å². The summed E-state index contributed by atoms with van der Waals surface area (Å²) in [4.78, 5) is 0.0107. The first-order chi connectivity index (χ1) is 8.06. The van der Waals surface area contributed by atoms with E-state index in [-0.39, 0.29) is 17.3 Å². The lowest BCUT2D eigenvalue weighted by Crippen LogP contribution is -2.13. The van der Waals surface area contributed by atoms with Crippen LogP contribution in [0.1, 0.15) is 19.8 Å². The number of sulfone groups is 1. The van der Waals surface area contributed by atoms with Crippen molar-refractivity contribution in [1.29, 1.82) is 0 Å². The number of benzene rings is 1. The summed E-state index contributed by atoms with van der Waals surface area (Å²) in [5, 5.41) is 0. The van der Waals surface area contributed by atoms with E-state index in [0.717, 1.165) is 18.9 Å². The van der Waals surface area contributed by atoms with Crippen LogP contribution in [0.25, 0.3) is 0 Å². The zero-order valence-electron chi connectivity index (χ0n) is 9.86. The number of unbranched alkanes of at least 4 members (excludes halogenated alkanes) is 1. The fourth-order valence-electron chi connectivity index (χ4n) is 1.30. The first-order valence-corrected chi connectivity index (χ1v) is 7.27. The molecule has 0 aromatic heterocycles. The topological polar surface area (TPSA) is 43.4 Å². The van der Waals surface area contributed by atoms with E-state index in [1.54, 1.807) is 0 Å². The Labute approximate surface area is 102 Å². The van der Waals surface area contributed by atoms with Crippen LogP contribution >= 0.6 is 0 Å². The summed E-state index contributed by atoms with van der Waals surface area (Å²) in [5.41, 5.74) is 0. The maximum absolute atomic E-state index is 12.9. The fourth-order valence-corrected chi connectivity index (χ4v) is 2.45. The SMILES string of the molecule is CCCCOCCS(=O)(=O)c1cccc(F)c1. The Morgan fingerprint density at radius 3 is 2.71 bits per heavy atom. The van der Waals surface area contributed by atoms with Crippen LogP contribution < -0.4 is 0 Å². The number of halogens is 1. The molecule has 0 aliphatic carbocycles. The molecule has 1 aromatic carbocycles. The van der Waals surface area contributed by atoms with E-state index in [4.69, 9.17) is 4.74 Å². The van der Waals surface area contributed by atoms with Crippen LogP contribution in [0.5, 0.6) is 0 Å². The third-order valence-corrected chi connectivity index (χ3v) is 3.97. The molecule has 0 radical (unpaired) electrons. The quantitative estimate of drug-likeness (QED) is 0.707. The summed E-state index contributed by atoms with van der Waals surface area (Å²) in [6, 6.07) is 5.03. The van der Waals surface area contributed by atoms with Crippen molar-refractivity contribution >= 4 is 9.84 Å². The van der Waals surface area contributed by atoms with Crippen molar-refractivity contribution in [2.24, 2.45) is 0 Å². The summed E-state index contributed by atoms with van der Waals surface area (Å²) in [6.45, 7) is 2.75. The zero-order valence-corrected chi connectivity index (χ0v) is 10.7. The Bertz CT molecular complexity index is 443. The molecular formula is C12H17FO3S. The first-order valence-electron chi connectivity index (χ1n) is 5.62. The van der Waals surface area contributed by atoms with Gasteiger partial charge in [-0.1, -0.05) is 19.4 Å². The third-order valence-electron chi connectivity index (χ3n) is 2.29. The minimum absolute atomic E-state index is 0.0107. The van der Waals surface area contributed by atoms with Crippen molar-refractivity contribution in [3.63, 3.8) is 0 Å². The summed E-state index contributed by atoms with van der Waals surface area (Å²) >= 11 is 0. The smallest absolute Gasteiger partial charge is 0.180 e. The molecule has 96 valence electrons. The number of hydrogen-bond donors (Lipinski definition) is 0. The molecule has 0 saturated heterocycles. The van der Waals surface area contributed by atoms with Crippen LogP contribution in [0, 0.1) is 5.82 Å². The molecule has 0 aliphatic heterocycles. The Balaban J connectivity index is 2.51. The minimum Gasteiger partial charge on any atom is -0.380 e. The van der Waals surface area contributed by atoms with Crippen molar-refractivity contribution in [2.45, 2.75) is 24.7 Å². The van der Waals surface area contributed by atoms with Gasteiger partial charge in [0, 0.05) is 6.61 Å². The van der Waals surface area contributed by atoms with E-state index in [9.17, 15) is 12.8 Å². The van der Waals surface area contributed by atoms with Crippen molar-refractivity contribution in [3.8, 4) is 0 Å². The molecule has 0 atom stereocenters. The highest BCUT2D eigenvalue weighted by molar-refractivity contribution is 7.91. The number of ether oxygens (including phenoxy) is 1. The molecule has 0 N–H and O–H groups in total. The summed E-state index contributed by atoms with van der Waals surface area (Å²) in [7, 11) is -3.43. The molecule has 0 heterocycles. The van der Waals surface area contributed by atoms with Crippen LogP contribution in [0.3, 0.4) is 0 Å². The van der Waals surface area contributed by atoms with Crippen LogP contribution in [-0.4, -0.2) is 27.4 Å². The van der Waals surface area contributed by atoms with E-state index >= 15 is 0 Å². The Morgan fingerprint density at radius 1 is 1.29 bits per heavy atom. The van der Waals surface area contributed by atoms with Gasteiger partial charge in [0.1, 0.15) is 5.82 Å². The molecule has 0 saturated carbocycles. The Kier molecular flexibility index (Phi) is 5.58. The third kappa shape index (κ3) is 4.83. The van der Waals surface area contributed by atoms with E-state index < -0.39 is 15.7 Å². The average molecular weight is 260 g/mol. The van der Waals surface area contributed by atoms with E-state index in [1.807, 2.05) is 6.92 Å². The van der Waals surface area contributed by atoms with Gasteiger partial charge in [0.2, 0.25) is 0 Å². The Hall–Kier alpha value is -0.940. The van der Waals surface area contributed by atoms with Gasteiger partial charge in [-0.05, 0) is 24.6 Å². The molecular weight excluding hydrogens is 243 g/mol. The van der Waals surface area contributed by atoms with Gasteiger partial charge < -0.3 is 4.74 Å². The van der Waals surface area contributed by atoms with Gasteiger partial charge >= 0.3 is 0 Å². The van der Waals surface area contributed by atoms with Gasteiger partial charge in [-0.25, -0.2) is 12.8 Å². The molecule has 0 bridgehead atoms. The minimum atomic E-state index is -3.43. The largest absolute Gasteiger partial charge is 0.380 e. The molecule has 0 unspecified atom stereocenters. The second-order valence-corrected chi connectivity index (χ2v) is 5.85. The normalized spacial score (nSPS) is 11.6. The van der Waals surface area contributed by atoms with Crippen molar-refractivity contribution in [1.82, 2.24) is 0 Å². The van der Waals surface area contributed by atoms with Crippen molar-refractivity contribution in [2.75, 3.05) is 19.0 Å². The summed E-state index contributed by atoms with van der Waals surface area (Å²) < 4.78 is 41.6. The highest BCUT2D eigenvalue weighted by atomic mass is 32.2. The molecule has 3 nitrogen and oxygen atoms in total. The van der Waals surface area contributed by atoms with Gasteiger partial charge in [0.25, 0.3) is 0 Å². The van der Waals surface area contributed by atoms with E-state index in [0.29, 0.717) is 6.61 Å². The van der Waals surface area contributed by atoms with Gasteiger partial charge in [0.15, 0.2) is 9.84 Å². The maximum atomic E-state index is 12.9. The van der Waals surface area contributed by atoms with Gasteiger partial charge in [-0.2, -0.15) is 0 Å². The second kappa shape index (κ2) is 6.71. The molecule has 1 rings (SSSR count). The fraction of sp³-hybridized carbons (Fsp3) is 0.500. The molecule has 0 aliphatic rings. The lowest BCUT2D eigenvalue weighted by molar-refractivity contribution is 0.146. The van der Waals surface area contributed by atoms with Crippen LogP contribution in [-0.2, 0) is 14.6 Å². The van der Waals surface area contributed by atoms with E-state index in [1.165, 1.54) is 18.2 Å². The monoisotopic (exact) mass is 260 g/mol. The standard InChI is InChI=1S/C12H17FO3S/c1-2-3-7-16-8-9-17(14,15)12-6-4-5-11(13)10-12/h4-6,10H,2-3,7-9H2,1H3. The van der Waals surface area contributed by atoms with Crippen molar-refractivity contribution < 1.29 is 17.5 Å². The highest BCUT2D eigenvalue weighted by Gasteiger charge is 2.14. The first kappa shape index (κ1) is 14.1. The average Bonchev–Trinajstić information content (AvgIpc) is 2.29. The van der Waals surface area contributed by atoms with Gasteiger partial charge in [-0.15, -0.1) is 0 Å². The highest BCUT2D eigenvalue weighted by Crippen LogP contribution is 2.12. The van der Waals surface area contributed by atoms with Crippen LogP contribution in [0.4, 0.5) is 4.39 Å². The molecule has 17 heavy (non-hydrogen) atoms. The molecule has 0 fully saturated rings. The van der Waals surface area contributed by atoms with Crippen LogP contribution in [0.2, 0.25) is 0 Å². The number of hydrogen-bond acceptors (Lipinski definition) is 3. The lowest BCUT2D eigenvalue weighted by Gasteiger charge is -2.05. The summed E-state index contributed by atoms with van der Waals surface area (Å²) in [6.07, 6.45) is 1.93. The lowest BCUT2D eigenvalue weighted by atomic mass is 10.4. The maximum Gasteiger partial charge on any atom is 0.180 e. The predicted molar refractivity (Wildman–Crippen MR) is 64.2 cm³/mol. The molecule has 1 aromatic rings. The van der Waals surface area contributed by atoms with Crippen molar-refractivity contribution in [3.05, 3.63) is 30.1 Å². The zero-order chi connectivity index (χ0) is 12.7. The molecule has 0 amide bonds. The molecule has 0 spiro atoms. The second-order valence-electron chi connectivity index (χ2n) is 3.74.